The molecule has 0 aliphatic carbocycles. The van der Waals surface area contributed by atoms with Crippen molar-refractivity contribution in [2.45, 2.75) is 33.0 Å². The lowest BCUT2D eigenvalue weighted by molar-refractivity contribution is 0.359. The van der Waals surface area contributed by atoms with Crippen molar-refractivity contribution >= 4 is 8.03 Å². The van der Waals surface area contributed by atoms with Crippen LogP contribution in [0, 0.1) is 5.41 Å². The molecule has 0 aromatic heterocycles. The molecule has 0 bridgehead atoms. The van der Waals surface area contributed by atoms with E-state index >= 15 is 0 Å². The molecule has 0 radical (unpaired) electrons. The fourth-order valence-electron chi connectivity index (χ4n) is 0.747. The zero-order valence-corrected chi connectivity index (χ0v) is 7.72. The van der Waals surface area contributed by atoms with Gasteiger partial charge in [-0.15, -0.1) is 0 Å². The molecule has 0 rings (SSSR count). The van der Waals surface area contributed by atoms with Crippen molar-refractivity contribution in [2.24, 2.45) is 11.1 Å². The lowest BCUT2D eigenvalue weighted by atomic mass is 9.92. The minimum atomic E-state index is -2.52. The lowest BCUT2D eigenvalue weighted by Crippen LogP contribution is -2.22. The Balaban J connectivity index is 3.80. The topological polar surface area (TPSA) is 63.3 Å². The summed E-state index contributed by atoms with van der Waals surface area (Å²) in [6.45, 7) is 5.99. The summed E-state index contributed by atoms with van der Waals surface area (Å²) < 4.78 is 10.4. The van der Waals surface area contributed by atoms with E-state index in [9.17, 15) is 4.57 Å². The van der Waals surface area contributed by atoms with Crippen LogP contribution in [0.2, 0.25) is 0 Å². The summed E-state index contributed by atoms with van der Waals surface area (Å²) in [5, 5.41) is 0. The Bertz CT molecular complexity index is 130. The molecule has 0 aliphatic rings. The normalized spacial score (nSPS) is 18.5. The van der Waals surface area contributed by atoms with E-state index in [2.05, 4.69) is 0 Å². The Labute approximate surface area is 62.5 Å². The first kappa shape index (κ1) is 10.2. The van der Waals surface area contributed by atoms with Crippen LogP contribution in [0.4, 0.5) is 0 Å². The molecule has 3 nitrogen and oxygen atoms in total. The molecule has 3 N–H and O–H groups in total. The average molecular weight is 165 g/mol. The van der Waals surface area contributed by atoms with Gasteiger partial charge in [0.2, 0.25) is 8.03 Å². The van der Waals surface area contributed by atoms with E-state index in [4.69, 9.17) is 10.6 Å². The lowest BCUT2D eigenvalue weighted by Gasteiger charge is -2.20. The van der Waals surface area contributed by atoms with Crippen LogP contribution in [0.25, 0.3) is 0 Å². The zero-order chi connectivity index (χ0) is 8.36. The molecule has 62 valence electrons. The van der Waals surface area contributed by atoms with Gasteiger partial charge in [0, 0.05) is 0 Å². The smallest absolute Gasteiger partial charge is 0.205 e. The van der Waals surface area contributed by atoms with Crippen molar-refractivity contribution in [3.8, 4) is 0 Å². The van der Waals surface area contributed by atoms with Gasteiger partial charge in [-0.25, -0.2) is 0 Å². The van der Waals surface area contributed by atoms with Gasteiger partial charge in [-0.1, -0.05) is 20.8 Å². The first-order valence-corrected chi connectivity index (χ1v) is 4.74. The second-order valence-corrected chi connectivity index (χ2v) is 5.13. The Kier molecular flexibility index (Phi) is 3.57. The summed E-state index contributed by atoms with van der Waals surface area (Å²) in [6, 6.07) is 0. The predicted molar refractivity (Wildman–Crippen MR) is 43.3 cm³/mol. The van der Waals surface area contributed by atoms with Gasteiger partial charge in [-0.2, -0.15) is 0 Å². The number of rotatable bonds is 2. The molecule has 0 heterocycles. The molecule has 4 heteroatoms. The van der Waals surface area contributed by atoms with Crippen LogP contribution in [0.15, 0.2) is 0 Å². The van der Waals surface area contributed by atoms with Crippen LogP contribution >= 0.6 is 8.03 Å². The highest BCUT2D eigenvalue weighted by Crippen LogP contribution is 2.29. The number of hydrogen-bond acceptors (Lipinski definition) is 2. The van der Waals surface area contributed by atoms with Gasteiger partial charge < -0.3 is 10.6 Å². The van der Waals surface area contributed by atoms with Gasteiger partial charge in [0.1, 0.15) is 0 Å². The highest BCUT2D eigenvalue weighted by atomic mass is 31.1. The van der Waals surface area contributed by atoms with Gasteiger partial charge in [0.15, 0.2) is 0 Å². The molecule has 2 unspecified atom stereocenters. The van der Waals surface area contributed by atoms with E-state index in [0.717, 1.165) is 0 Å². The quantitative estimate of drug-likeness (QED) is 0.604. The Morgan fingerprint density at radius 1 is 1.60 bits per heavy atom. The first-order chi connectivity index (χ1) is 4.33. The van der Waals surface area contributed by atoms with Crippen LogP contribution in [0.3, 0.4) is 0 Å². The van der Waals surface area contributed by atoms with Crippen LogP contribution in [-0.2, 0) is 4.57 Å². The highest BCUT2D eigenvalue weighted by molar-refractivity contribution is 7.38. The molecule has 10 heavy (non-hydrogen) atoms. The van der Waals surface area contributed by atoms with E-state index in [1.807, 2.05) is 20.8 Å². The maximum absolute atomic E-state index is 10.4. The van der Waals surface area contributed by atoms with E-state index in [0.29, 0.717) is 6.42 Å². The summed E-state index contributed by atoms with van der Waals surface area (Å²) in [5.74, 6) is -0.537. The minimum Gasteiger partial charge on any atom is -0.345 e. The maximum Gasteiger partial charge on any atom is 0.205 e. The molecule has 0 amide bonds. The second-order valence-electron chi connectivity index (χ2n) is 3.71. The summed E-state index contributed by atoms with van der Waals surface area (Å²) in [5.41, 5.74) is 5.43. The Hall–Kier alpha value is 0.150. The molecule has 0 aromatic rings. The fraction of sp³-hybridized carbons (Fsp3) is 1.00. The molecular weight excluding hydrogens is 149 g/mol. The first-order valence-electron chi connectivity index (χ1n) is 3.31. The average Bonchev–Trinajstić information content (AvgIpc) is 1.60. The van der Waals surface area contributed by atoms with Crippen molar-refractivity contribution in [3.63, 3.8) is 0 Å². The molecule has 0 spiro atoms. The molecule has 0 fully saturated rings. The van der Waals surface area contributed by atoms with Gasteiger partial charge >= 0.3 is 0 Å². The largest absolute Gasteiger partial charge is 0.345 e. The van der Waals surface area contributed by atoms with E-state index in [1.54, 1.807) is 0 Å². The van der Waals surface area contributed by atoms with Crippen molar-refractivity contribution < 1.29 is 9.46 Å². The number of hydrogen-bond donors (Lipinski definition) is 2. The summed E-state index contributed by atoms with van der Waals surface area (Å²) in [4.78, 5) is 8.61. The summed E-state index contributed by atoms with van der Waals surface area (Å²) in [6.07, 6.45) is 0.599. The third-order valence-electron chi connectivity index (χ3n) is 1.15. The standard InChI is InChI=1S/C6H16NO2P/c1-6(2,3)4-5(7)10(8)9/h5,10H,4,7H2,1-3H3,(H,8,9). The van der Waals surface area contributed by atoms with Gasteiger partial charge in [0.05, 0.1) is 5.78 Å². The van der Waals surface area contributed by atoms with E-state index in [-0.39, 0.29) is 5.41 Å². The maximum atomic E-state index is 10.4. The molecule has 0 saturated carbocycles. The Morgan fingerprint density at radius 2 is 2.00 bits per heavy atom. The van der Waals surface area contributed by atoms with Gasteiger partial charge in [0.25, 0.3) is 0 Å². The third kappa shape index (κ3) is 4.98. The predicted octanol–water partition coefficient (Wildman–Crippen LogP) is 1.17. The minimum absolute atomic E-state index is 0.0441. The van der Waals surface area contributed by atoms with Crippen molar-refractivity contribution in [2.75, 3.05) is 0 Å². The van der Waals surface area contributed by atoms with E-state index < -0.39 is 13.8 Å². The SMILES string of the molecule is CC(C)(C)CC(N)[PH](=O)O. The molecule has 0 aromatic carbocycles. The van der Waals surface area contributed by atoms with Crippen molar-refractivity contribution in [1.82, 2.24) is 0 Å². The van der Waals surface area contributed by atoms with Crippen LogP contribution < -0.4 is 5.73 Å². The second kappa shape index (κ2) is 3.51. The van der Waals surface area contributed by atoms with E-state index in [1.165, 1.54) is 0 Å². The summed E-state index contributed by atoms with van der Waals surface area (Å²) >= 11 is 0. The van der Waals surface area contributed by atoms with Crippen LogP contribution in [0.5, 0.6) is 0 Å². The molecule has 2 atom stereocenters. The Morgan fingerprint density at radius 3 is 2.10 bits per heavy atom. The van der Waals surface area contributed by atoms with Crippen LogP contribution in [0.1, 0.15) is 27.2 Å². The number of nitrogens with two attached hydrogens (primary N) is 1. The zero-order valence-electron chi connectivity index (χ0n) is 6.72. The van der Waals surface area contributed by atoms with Gasteiger partial charge in [-0.05, 0) is 11.8 Å². The third-order valence-corrected chi connectivity index (χ3v) is 1.99. The monoisotopic (exact) mass is 165 g/mol. The highest BCUT2D eigenvalue weighted by Gasteiger charge is 2.18. The van der Waals surface area contributed by atoms with Crippen molar-refractivity contribution in [3.05, 3.63) is 0 Å². The molecule has 0 aliphatic heterocycles. The van der Waals surface area contributed by atoms with Crippen LogP contribution in [-0.4, -0.2) is 10.7 Å². The molecule has 0 saturated heterocycles. The summed E-state index contributed by atoms with van der Waals surface area (Å²) in [7, 11) is -2.52. The molecular formula is C6H16NO2P. The fourth-order valence-corrected chi connectivity index (χ4v) is 1.53. The van der Waals surface area contributed by atoms with Gasteiger partial charge in [-0.3, -0.25) is 4.57 Å². The van der Waals surface area contributed by atoms with Crippen molar-refractivity contribution in [1.29, 1.82) is 0 Å².